The van der Waals surface area contributed by atoms with Crippen molar-refractivity contribution in [2.75, 3.05) is 13.2 Å². The third kappa shape index (κ3) is 1.49. The van der Waals surface area contributed by atoms with Crippen LogP contribution in [0.3, 0.4) is 0 Å². The van der Waals surface area contributed by atoms with Crippen LogP contribution in [0.1, 0.15) is 39.5 Å². The second-order valence-corrected chi connectivity index (χ2v) is 6.18. The molecule has 2 nitrogen and oxygen atoms in total. The lowest BCUT2D eigenvalue weighted by Crippen LogP contribution is -2.38. The van der Waals surface area contributed by atoms with Crippen molar-refractivity contribution in [2.24, 2.45) is 10.8 Å². The van der Waals surface area contributed by atoms with Crippen LogP contribution in [0.2, 0.25) is 0 Å². The van der Waals surface area contributed by atoms with Gasteiger partial charge in [0.05, 0.1) is 18.6 Å². The van der Waals surface area contributed by atoms with Crippen LogP contribution in [0.25, 0.3) is 0 Å². The van der Waals surface area contributed by atoms with Gasteiger partial charge in [0.15, 0.2) is 5.79 Å². The maximum atomic E-state index is 5.81. The van der Waals surface area contributed by atoms with Gasteiger partial charge in [0.25, 0.3) is 0 Å². The van der Waals surface area contributed by atoms with Crippen molar-refractivity contribution in [1.29, 1.82) is 0 Å². The van der Waals surface area contributed by atoms with Gasteiger partial charge >= 0.3 is 0 Å². The molecule has 3 rings (SSSR count). The van der Waals surface area contributed by atoms with Crippen molar-refractivity contribution in [3.63, 3.8) is 0 Å². The lowest BCUT2D eigenvalue weighted by atomic mass is 9.69. The summed E-state index contributed by atoms with van der Waals surface area (Å²) >= 11 is 0. The Morgan fingerprint density at radius 1 is 1.12 bits per heavy atom. The Morgan fingerprint density at radius 2 is 1.76 bits per heavy atom. The van der Waals surface area contributed by atoms with E-state index in [1.807, 2.05) is 0 Å². The van der Waals surface area contributed by atoms with Crippen molar-refractivity contribution < 1.29 is 9.47 Å². The zero-order chi connectivity index (χ0) is 12.1. The Morgan fingerprint density at radius 3 is 2.41 bits per heavy atom. The first kappa shape index (κ1) is 11.3. The highest BCUT2D eigenvalue weighted by Gasteiger charge is 2.53. The maximum absolute atomic E-state index is 5.81. The molecule has 92 valence electrons. The molecule has 0 amide bonds. The van der Waals surface area contributed by atoms with E-state index in [-0.39, 0.29) is 10.8 Å². The highest BCUT2D eigenvalue weighted by atomic mass is 16.7. The number of hydrogen-bond acceptors (Lipinski definition) is 2. The zero-order valence-electron chi connectivity index (χ0n) is 10.7. The Balaban J connectivity index is 2.06. The monoisotopic (exact) mass is 232 g/mol. The molecule has 0 bridgehead atoms. The molecule has 2 fully saturated rings. The first-order chi connectivity index (χ1) is 8.02. The molecule has 3 aliphatic rings. The average Bonchev–Trinajstić information content (AvgIpc) is 2.86. The van der Waals surface area contributed by atoms with Crippen LogP contribution in [-0.2, 0) is 9.47 Å². The normalized spacial score (nSPS) is 37.6. The lowest BCUT2D eigenvalue weighted by Gasteiger charge is -2.40. The number of fused-ring (bicyclic) bond motifs is 1. The van der Waals surface area contributed by atoms with Gasteiger partial charge in [0, 0.05) is 6.42 Å². The average molecular weight is 232 g/mol. The van der Waals surface area contributed by atoms with E-state index in [2.05, 4.69) is 25.8 Å². The van der Waals surface area contributed by atoms with E-state index in [1.165, 1.54) is 12.0 Å². The van der Waals surface area contributed by atoms with Gasteiger partial charge in [-0.15, -0.1) is 6.42 Å². The largest absolute Gasteiger partial charge is 0.344 e. The lowest BCUT2D eigenvalue weighted by molar-refractivity contribution is -0.131. The van der Waals surface area contributed by atoms with Crippen molar-refractivity contribution in [3.8, 4) is 12.3 Å². The van der Waals surface area contributed by atoms with E-state index < -0.39 is 5.79 Å². The summed E-state index contributed by atoms with van der Waals surface area (Å²) in [4.78, 5) is 0. The van der Waals surface area contributed by atoms with E-state index in [0.29, 0.717) is 13.2 Å². The van der Waals surface area contributed by atoms with Gasteiger partial charge in [-0.2, -0.15) is 0 Å². The highest BCUT2D eigenvalue weighted by molar-refractivity contribution is 5.39. The molecule has 1 aliphatic heterocycles. The van der Waals surface area contributed by atoms with Gasteiger partial charge in [-0.3, -0.25) is 0 Å². The predicted molar refractivity (Wildman–Crippen MR) is 66.2 cm³/mol. The SMILES string of the molecule is C#CC12CCC3(C=C1C(C)(C)CC2)OCCO3. The molecule has 1 unspecified atom stereocenters. The Bertz CT molecular complexity index is 407. The van der Waals surface area contributed by atoms with Gasteiger partial charge in [-0.1, -0.05) is 19.8 Å². The first-order valence-electron chi connectivity index (χ1n) is 6.52. The molecular formula is C15H20O2. The van der Waals surface area contributed by atoms with E-state index in [1.54, 1.807) is 0 Å². The number of hydrogen-bond donors (Lipinski definition) is 0. The molecule has 0 aromatic rings. The van der Waals surface area contributed by atoms with Crippen LogP contribution < -0.4 is 0 Å². The molecule has 0 radical (unpaired) electrons. The molecule has 2 heteroatoms. The summed E-state index contributed by atoms with van der Waals surface area (Å²) in [5, 5.41) is 0. The van der Waals surface area contributed by atoms with Crippen LogP contribution in [0.4, 0.5) is 0 Å². The molecule has 0 N–H and O–H groups in total. The van der Waals surface area contributed by atoms with Crippen molar-refractivity contribution >= 4 is 0 Å². The Kier molecular flexibility index (Phi) is 2.24. The molecular weight excluding hydrogens is 212 g/mol. The molecule has 1 saturated heterocycles. The van der Waals surface area contributed by atoms with Crippen LogP contribution in [0.5, 0.6) is 0 Å². The summed E-state index contributed by atoms with van der Waals surface area (Å²) in [6.45, 7) is 5.97. The van der Waals surface area contributed by atoms with Gasteiger partial charge in [-0.05, 0) is 36.3 Å². The summed E-state index contributed by atoms with van der Waals surface area (Å²) in [7, 11) is 0. The number of rotatable bonds is 0. The number of ether oxygens (including phenoxy) is 2. The van der Waals surface area contributed by atoms with Gasteiger partial charge in [0.1, 0.15) is 0 Å². The molecule has 0 aromatic carbocycles. The standard InChI is InChI=1S/C15H20O2/c1-4-14-6-5-13(2,3)12(14)11-15(8-7-14)16-9-10-17-15/h1,11H,5-10H2,2-3H3. The summed E-state index contributed by atoms with van der Waals surface area (Å²) < 4.78 is 11.6. The van der Waals surface area contributed by atoms with Crippen molar-refractivity contribution in [3.05, 3.63) is 11.6 Å². The van der Waals surface area contributed by atoms with Crippen molar-refractivity contribution in [2.45, 2.75) is 45.3 Å². The number of terminal acetylenes is 1. The van der Waals surface area contributed by atoms with Gasteiger partial charge in [-0.25, -0.2) is 0 Å². The van der Waals surface area contributed by atoms with Crippen LogP contribution in [0.15, 0.2) is 11.6 Å². The molecule has 1 spiro atoms. The minimum Gasteiger partial charge on any atom is -0.344 e. The second-order valence-electron chi connectivity index (χ2n) is 6.18. The second kappa shape index (κ2) is 3.37. The summed E-state index contributed by atoms with van der Waals surface area (Å²) in [6, 6.07) is 0. The van der Waals surface area contributed by atoms with E-state index in [4.69, 9.17) is 15.9 Å². The fourth-order valence-electron chi connectivity index (χ4n) is 3.64. The van der Waals surface area contributed by atoms with E-state index in [0.717, 1.165) is 19.3 Å². The highest BCUT2D eigenvalue weighted by Crippen LogP contribution is 2.59. The van der Waals surface area contributed by atoms with Crippen molar-refractivity contribution in [1.82, 2.24) is 0 Å². The third-order valence-corrected chi connectivity index (χ3v) is 4.74. The summed E-state index contributed by atoms with van der Waals surface area (Å²) in [5.41, 5.74) is 1.54. The fourth-order valence-corrected chi connectivity index (χ4v) is 3.64. The Hall–Kier alpha value is -0.780. The van der Waals surface area contributed by atoms with Gasteiger partial charge in [0.2, 0.25) is 0 Å². The Labute approximate surface area is 103 Å². The van der Waals surface area contributed by atoms with Crippen LogP contribution in [-0.4, -0.2) is 19.0 Å². The molecule has 1 heterocycles. The maximum Gasteiger partial charge on any atom is 0.188 e. The van der Waals surface area contributed by atoms with E-state index >= 15 is 0 Å². The van der Waals surface area contributed by atoms with E-state index in [9.17, 15) is 0 Å². The smallest absolute Gasteiger partial charge is 0.188 e. The zero-order valence-corrected chi connectivity index (χ0v) is 10.7. The summed E-state index contributed by atoms with van der Waals surface area (Å²) in [6.07, 6.45) is 12.2. The predicted octanol–water partition coefficient (Wildman–Crippen LogP) is 2.89. The minimum absolute atomic E-state index is 0.0238. The van der Waals surface area contributed by atoms with Crippen LogP contribution >= 0.6 is 0 Å². The fraction of sp³-hybridized carbons (Fsp3) is 0.733. The quantitative estimate of drug-likeness (QED) is 0.472. The third-order valence-electron chi connectivity index (χ3n) is 4.74. The van der Waals surface area contributed by atoms with Gasteiger partial charge < -0.3 is 9.47 Å². The van der Waals surface area contributed by atoms with Crippen LogP contribution in [0, 0.1) is 23.2 Å². The molecule has 2 aliphatic carbocycles. The summed E-state index contributed by atoms with van der Waals surface area (Å²) in [5.74, 6) is 2.60. The molecule has 1 saturated carbocycles. The molecule has 17 heavy (non-hydrogen) atoms. The first-order valence-corrected chi connectivity index (χ1v) is 6.52. The topological polar surface area (TPSA) is 18.5 Å². The molecule has 1 atom stereocenters. The number of allylic oxidation sites excluding steroid dienone is 1. The minimum atomic E-state index is -0.461. The molecule has 0 aromatic heterocycles.